The summed E-state index contributed by atoms with van der Waals surface area (Å²) in [6.07, 6.45) is 1.60. The zero-order chi connectivity index (χ0) is 12.1. The summed E-state index contributed by atoms with van der Waals surface area (Å²) in [7, 11) is 0. The summed E-state index contributed by atoms with van der Waals surface area (Å²) in [5.74, 6) is 0.370. The summed E-state index contributed by atoms with van der Waals surface area (Å²) < 4.78 is 5.18. The van der Waals surface area contributed by atoms with Gasteiger partial charge in [0.2, 0.25) is 5.91 Å². The molecule has 0 aliphatic carbocycles. The lowest BCUT2D eigenvalue weighted by Crippen LogP contribution is -2.33. The lowest BCUT2D eigenvalue weighted by molar-refractivity contribution is -0.120. The van der Waals surface area contributed by atoms with Crippen molar-refractivity contribution < 1.29 is 9.21 Å². The minimum Gasteiger partial charge on any atom is -0.468 e. The first kappa shape index (κ1) is 11.4. The molecule has 0 aliphatic rings. The number of nitrogens with one attached hydrogen (secondary N) is 1. The molecular weight excluding hydrogens is 216 g/mol. The Bertz CT molecular complexity index is 465. The Morgan fingerprint density at radius 3 is 2.59 bits per heavy atom. The molecule has 0 radical (unpaired) electrons. The summed E-state index contributed by atoms with van der Waals surface area (Å²) in [4.78, 5) is 11.4. The van der Waals surface area contributed by atoms with E-state index in [0.29, 0.717) is 6.54 Å². The van der Waals surface area contributed by atoms with E-state index < -0.39 is 11.9 Å². The van der Waals surface area contributed by atoms with Crippen molar-refractivity contribution in [2.45, 2.75) is 12.6 Å². The molecule has 0 aliphatic heterocycles. The van der Waals surface area contributed by atoms with Gasteiger partial charge in [-0.1, -0.05) is 30.3 Å². The lowest BCUT2D eigenvalue weighted by atomic mass is 10.1. The van der Waals surface area contributed by atoms with Gasteiger partial charge in [-0.3, -0.25) is 10.1 Å². The van der Waals surface area contributed by atoms with Crippen molar-refractivity contribution in [3.63, 3.8) is 0 Å². The zero-order valence-corrected chi connectivity index (χ0v) is 9.30. The monoisotopic (exact) mass is 230 g/mol. The third-order valence-electron chi connectivity index (χ3n) is 2.48. The maximum absolute atomic E-state index is 11.4. The quantitative estimate of drug-likeness (QED) is 0.819. The van der Waals surface area contributed by atoms with Crippen molar-refractivity contribution in [2.24, 2.45) is 5.73 Å². The van der Waals surface area contributed by atoms with E-state index in [1.807, 2.05) is 36.4 Å². The molecule has 0 spiro atoms. The van der Waals surface area contributed by atoms with E-state index in [2.05, 4.69) is 5.32 Å². The number of primary amides is 1. The Kier molecular flexibility index (Phi) is 3.57. The van der Waals surface area contributed by atoms with Gasteiger partial charge in [-0.15, -0.1) is 0 Å². The van der Waals surface area contributed by atoms with Crippen molar-refractivity contribution >= 4 is 5.91 Å². The number of nitrogens with two attached hydrogens (primary N) is 1. The number of hydrogen-bond donors (Lipinski definition) is 2. The fourth-order valence-electron chi connectivity index (χ4n) is 1.64. The molecule has 1 heterocycles. The molecule has 0 bridgehead atoms. The Morgan fingerprint density at radius 1 is 1.24 bits per heavy atom. The van der Waals surface area contributed by atoms with Crippen molar-refractivity contribution in [3.8, 4) is 0 Å². The summed E-state index contributed by atoms with van der Waals surface area (Å²) in [5, 5.41) is 3.07. The van der Waals surface area contributed by atoms with E-state index in [0.717, 1.165) is 11.3 Å². The number of carbonyl (C=O) groups excluding carboxylic acids is 1. The van der Waals surface area contributed by atoms with E-state index in [1.165, 1.54) is 0 Å². The molecule has 1 aromatic heterocycles. The highest BCUT2D eigenvalue weighted by atomic mass is 16.3. The topological polar surface area (TPSA) is 68.3 Å². The third kappa shape index (κ3) is 2.95. The van der Waals surface area contributed by atoms with Crippen LogP contribution in [0.3, 0.4) is 0 Å². The van der Waals surface area contributed by atoms with Gasteiger partial charge in [0.25, 0.3) is 0 Å². The molecule has 2 aromatic rings. The van der Waals surface area contributed by atoms with Crippen molar-refractivity contribution in [1.29, 1.82) is 0 Å². The van der Waals surface area contributed by atoms with Gasteiger partial charge < -0.3 is 10.2 Å². The third-order valence-corrected chi connectivity index (χ3v) is 2.48. The molecular formula is C13H14N2O2. The Morgan fingerprint density at radius 2 is 2.00 bits per heavy atom. The number of hydrogen-bond acceptors (Lipinski definition) is 3. The molecule has 17 heavy (non-hydrogen) atoms. The van der Waals surface area contributed by atoms with Crippen molar-refractivity contribution in [1.82, 2.24) is 5.32 Å². The van der Waals surface area contributed by atoms with Crippen molar-refractivity contribution in [2.75, 3.05) is 0 Å². The number of carbonyl (C=O) groups is 1. The summed E-state index contributed by atoms with van der Waals surface area (Å²) in [5.41, 5.74) is 6.23. The van der Waals surface area contributed by atoms with E-state index >= 15 is 0 Å². The van der Waals surface area contributed by atoms with Crippen LogP contribution in [0, 0.1) is 0 Å². The van der Waals surface area contributed by atoms with Crippen LogP contribution in [0.15, 0.2) is 53.1 Å². The highest BCUT2D eigenvalue weighted by Crippen LogP contribution is 2.13. The molecule has 1 atom stereocenters. The average molecular weight is 230 g/mol. The molecule has 3 N–H and O–H groups in total. The largest absolute Gasteiger partial charge is 0.468 e. The SMILES string of the molecule is NC(=O)[C@@H](NCc1ccco1)c1ccccc1. The molecule has 1 amide bonds. The first-order valence-corrected chi connectivity index (χ1v) is 5.37. The number of rotatable bonds is 5. The van der Waals surface area contributed by atoms with Crippen LogP contribution in [0.25, 0.3) is 0 Å². The van der Waals surface area contributed by atoms with Crippen LogP contribution in [0.4, 0.5) is 0 Å². The fraction of sp³-hybridized carbons (Fsp3) is 0.154. The Balaban J connectivity index is 2.06. The van der Waals surface area contributed by atoms with E-state index in [4.69, 9.17) is 10.2 Å². The molecule has 88 valence electrons. The van der Waals surface area contributed by atoms with E-state index in [-0.39, 0.29) is 0 Å². The lowest BCUT2D eigenvalue weighted by Gasteiger charge is -2.14. The molecule has 4 nitrogen and oxygen atoms in total. The number of furan rings is 1. The summed E-state index contributed by atoms with van der Waals surface area (Å²) in [6.45, 7) is 0.468. The van der Waals surface area contributed by atoms with Gasteiger partial charge in [-0.25, -0.2) is 0 Å². The van der Waals surface area contributed by atoms with Gasteiger partial charge in [0.05, 0.1) is 12.8 Å². The van der Waals surface area contributed by atoms with Crippen LogP contribution in [0.2, 0.25) is 0 Å². The molecule has 1 aromatic carbocycles. The van der Waals surface area contributed by atoms with Gasteiger partial charge in [0, 0.05) is 0 Å². The fourth-order valence-corrected chi connectivity index (χ4v) is 1.64. The minimum absolute atomic E-state index is 0.400. The Hall–Kier alpha value is -2.07. The van der Waals surface area contributed by atoms with Crippen LogP contribution in [-0.2, 0) is 11.3 Å². The van der Waals surface area contributed by atoms with E-state index in [1.54, 1.807) is 12.3 Å². The van der Waals surface area contributed by atoms with Crippen LogP contribution >= 0.6 is 0 Å². The normalized spacial score (nSPS) is 12.2. The van der Waals surface area contributed by atoms with Crippen LogP contribution in [-0.4, -0.2) is 5.91 Å². The first-order chi connectivity index (χ1) is 8.27. The van der Waals surface area contributed by atoms with E-state index in [9.17, 15) is 4.79 Å². The molecule has 4 heteroatoms. The predicted molar refractivity (Wildman–Crippen MR) is 63.9 cm³/mol. The van der Waals surface area contributed by atoms with Gasteiger partial charge >= 0.3 is 0 Å². The highest BCUT2D eigenvalue weighted by molar-refractivity contribution is 5.81. The second-order valence-corrected chi connectivity index (χ2v) is 3.71. The predicted octanol–water partition coefficient (Wildman–Crippen LogP) is 1.60. The van der Waals surface area contributed by atoms with Gasteiger partial charge in [0.1, 0.15) is 11.8 Å². The standard InChI is InChI=1S/C13H14N2O2/c14-13(16)12(10-5-2-1-3-6-10)15-9-11-7-4-8-17-11/h1-8,12,15H,9H2,(H2,14,16)/t12-/m0/s1. The van der Waals surface area contributed by atoms with Crippen molar-refractivity contribution in [3.05, 3.63) is 60.1 Å². The summed E-state index contributed by atoms with van der Waals surface area (Å²) >= 11 is 0. The molecule has 0 saturated carbocycles. The smallest absolute Gasteiger partial charge is 0.239 e. The van der Waals surface area contributed by atoms with Gasteiger partial charge in [-0.2, -0.15) is 0 Å². The highest BCUT2D eigenvalue weighted by Gasteiger charge is 2.16. The zero-order valence-electron chi connectivity index (χ0n) is 9.30. The van der Waals surface area contributed by atoms with Gasteiger partial charge in [-0.05, 0) is 17.7 Å². The Labute approximate surface area is 99.4 Å². The van der Waals surface area contributed by atoms with Crippen LogP contribution in [0.1, 0.15) is 17.4 Å². The average Bonchev–Trinajstić information content (AvgIpc) is 2.83. The molecule has 0 unspecified atom stereocenters. The van der Waals surface area contributed by atoms with Crippen LogP contribution in [0.5, 0.6) is 0 Å². The maximum Gasteiger partial charge on any atom is 0.239 e. The van der Waals surface area contributed by atoms with Crippen LogP contribution < -0.4 is 11.1 Å². The first-order valence-electron chi connectivity index (χ1n) is 5.37. The minimum atomic E-state index is -0.499. The molecule has 2 rings (SSSR count). The second kappa shape index (κ2) is 5.32. The summed E-state index contributed by atoms with van der Waals surface area (Å²) in [6, 6.07) is 12.5. The number of benzene rings is 1. The maximum atomic E-state index is 11.4. The molecule has 0 saturated heterocycles. The second-order valence-electron chi connectivity index (χ2n) is 3.71. The molecule has 0 fully saturated rings. The van der Waals surface area contributed by atoms with Gasteiger partial charge in [0.15, 0.2) is 0 Å². The number of amides is 1.